The van der Waals surface area contributed by atoms with Crippen molar-refractivity contribution in [3.05, 3.63) is 59.1 Å². The Morgan fingerprint density at radius 2 is 2.08 bits per heavy atom. The van der Waals surface area contributed by atoms with E-state index in [1.54, 1.807) is 25.1 Å². The van der Waals surface area contributed by atoms with Crippen LogP contribution in [0.5, 0.6) is 17.2 Å². The highest BCUT2D eigenvalue weighted by Crippen LogP contribution is 2.34. The second-order valence-corrected chi connectivity index (χ2v) is 5.51. The molecule has 0 aliphatic rings. The highest BCUT2D eigenvalue weighted by molar-refractivity contribution is 6.32. The van der Waals surface area contributed by atoms with E-state index >= 15 is 0 Å². The molecule has 0 amide bonds. The number of hydrogen-bond acceptors (Lipinski definition) is 5. The number of aromatic nitrogens is 1. The van der Waals surface area contributed by atoms with E-state index in [2.05, 4.69) is 4.98 Å². The maximum atomic E-state index is 13.1. The van der Waals surface area contributed by atoms with Crippen LogP contribution in [0, 0.1) is 5.82 Å². The van der Waals surface area contributed by atoms with Crippen molar-refractivity contribution in [3.8, 4) is 17.2 Å². The summed E-state index contributed by atoms with van der Waals surface area (Å²) in [6.07, 6.45) is 1.43. The summed E-state index contributed by atoms with van der Waals surface area (Å²) >= 11 is 5.94. The summed E-state index contributed by atoms with van der Waals surface area (Å²) in [6.45, 7) is 1.85. The van der Waals surface area contributed by atoms with Gasteiger partial charge in [-0.15, -0.1) is 0 Å². The molecule has 0 aliphatic heterocycles. The number of esters is 1. The third-order valence-corrected chi connectivity index (χ3v) is 3.72. The molecule has 0 saturated heterocycles. The Bertz CT molecular complexity index is 961. The van der Waals surface area contributed by atoms with Gasteiger partial charge in [-0.3, -0.25) is 0 Å². The Morgan fingerprint density at radius 3 is 2.80 bits per heavy atom. The summed E-state index contributed by atoms with van der Waals surface area (Å²) in [7, 11) is 0. The Morgan fingerprint density at radius 1 is 1.28 bits per heavy atom. The normalized spacial score (nSPS) is 10.7. The molecule has 3 aromatic rings. The molecule has 2 aromatic carbocycles. The van der Waals surface area contributed by atoms with E-state index in [0.29, 0.717) is 22.3 Å². The van der Waals surface area contributed by atoms with Crippen LogP contribution in [0.2, 0.25) is 5.02 Å². The SMILES string of the molecule is CCOC(=O)c1ncc2cc(Oc3ccc(F)cc3Cl)ccc2c1O. The minimum Gasteiger partial charge on any atom is -0.505 e. The average molecular weight is 362 g/mol. The molecular formula is C18H13ClFNO4. The van der Waals surface area contributed by atoms with Crippen molar-refractivity contribution < 1.29 is 23.8 Å². The molecule has 3 rings (SSSR count). The van der Waals surface area contributed by atoms with Gasteiger partial charge in [-0.05, 0) is 43.3 Å². The molecule has 0 fully saturated rings. The van der Waals surface area contributed by atoms with Gasteiger partial charge in [0.15, 0.2) is 11.4 Å². The van der Waals surface area contributed by atoms with E-state index in [-0.39, 0.29) is 23.1 Å². The zero-order chi connectivity index (χ0) is 18.0. The van der Waals surface area contributed by atoms with Crippen molar-refractivity contribution >= 4 is 28.3 Å². The Kier molecular flexibility index (Phi) is 4.72. The van der Waals surface area contributed by atoms with E-state index in [1.807, 2.05) is 0 Å². The number of carbonyl (C=O) groups excluding carboxylic acids is 1. The molecule has 7 heteroatoms. The smallest absolute Gasteiger partial charge is 0.360 e. The minimum atomic E-state index is -0.694. The number of ether oxygens (including phenoxy) is 2. The monoisotopic (exact) mass is 361 g/mol. The Hall–Kier alpha value is -2.86. The predicted molar refractivity (Wildman–Crippen MR) is 90.8 cm³/mol. The van der Waals surface area contributed by atoms with E-state index in [9.17, 15) is 14.3 Å². The minimum absolute atomic E-state index is 0.138. The highest BCUT2D eigenvalue weighted by Gasteiger charge is 2.17. The number of hydrogen-bond donors (Lipinski definition) is 1. The molecule has 0 unspecified atom stereocenters. The molecule has 0 atom stereocenters. The van der Waals surface area contributed by atoms with Gasteiger partial charge in [-0.25, -0.2) is 14.2 Å². The van der Waals surface area contributed by atoms with Crippen molar-refractivity contribution in [2.75, 3.05) is 6.61 Å². The van der Waals surface area contributed by atoms with Gasteiger partial charge in [0.1, 0.15) is 17.3 Å². The van der Waals surface area contributed by atoms with Gasteiger partial charge in [0, 0.05) is 17.0 Å². The largest absolute Gasteiger partial charge is 0.505 e. The van der Waals surface area contributed by atoms with E-state index < -0.39 is 11.8 Å². The summed E-state index contributed by atoms with van der Waals surface area (Å²) in [6, 6.07) is 8.61. The summed E-state index contributed by atoms with van der Waals surface area (Å²) in [4.78, 5) is 15.7. The van der Waals surface area contributed by atoms with Gasteiger partial charge in [-0.1, -0.05) is 11.6 Å². The number of aromatic hydroxyl groups is 1. The number of halogens is 2. The van der Waals surface area contributed by atoms with Gasteiger partial charge in [0.2, 0.25) is 0 Å². The van der Waals surface area contributed by atoms with Crippen molar-refractivity contribution in [3.63, 3.8) is 0 Å². The summed E-state index contributed by atoms with van der Waals surface area (Å²) in [5.41, 5.74) is -0.149. The number of pyridine rings is 1. The molecule has 25 heavy (non-hydrogen) atoms. The van der Waals surface area contributed by atoms with Crippen LogP contribution in [0.1, 0.15) is 17.4 Å². The maximum Gasteiger partial charge on any atom is 0.360 e. The summed E-state index contributed by atoms with van der Waals surface area (Å²) in [5.74, 6) is -0.701. The highest BCUT2D eigenvalue weighted by atomic mass is 35.5. The topological polar surface area (TPSA) is 68.7 Å². The van der Waals surface area contributed by atoms with Gasteiger partial charge >= 0.3 is 5.97 Å². The lowest BCUT2D eigenvalue weighted by molar-refractivity contribution is 0.0516. The standard InChI is InChI=1S/C18H13ClFNO4/c1-2-24-18(23)16-17(22)13-5-4-12(7-10(13)9-21-16)25-15-6-3-11(20)8-14(15)19/h3-9,22H,2H2,1H3. The summed E-state index contributed by atoms with van der Waals surface area (Å²) in [5, 5.41) is 11.4. The lowest BCUT2D eigenvalue weighted by Gasteiger charge is -2.10. The fourth-order valence-electron chi connectivity index (χ4n) is 2.28. The summed E-state index contributed by atoms with van der Waals surface area (Å²) < 4.78 is 23.6. The second-order valence-electron chi connectivity index (χ2n) is 5.10. The van der Waals surface area contributed by atoms with Crippen molar-refractivity contribution in [2.24, 2.45) is 0 Å². The van der Waals surface area contributed by atoms with Gasteiger partial charge in [0.05, 0.1) is 11.6 Å². The van der Waals surface area contributed by atoms with Crippen molar-refractivity contribution in [1.29, 1.82) is 0 Å². The van der Waals surface area contributed by atoms with E-state index in [0.717, 1.165) is 6.07 Å². The molecule has 1 aromatic heterocycles. The van der Waals surface area contributed by atoms with Gasteiger partial charge in [0.25, 0.3) is 0 Å². The maximum absolute atomic E-state index is 13.1. The van der Waals surface area contributed by atoms with Crippen molar-refractivity contribution in [2.45, 2.75) is 6.92 Å². The first kappa shape index (κ1) is 17.0. The van der Waals surface area contributed by atoms with Crippen molar-refractivity contribution in [1.82, 2.24) is 4.98 Å². The van der Waals surface area contributed by atoms with Gasteiger partial charge in [-0.2, -0.15) is 0 Å². The lowest BCUT2D eigenvalue weighted by Crippen LogP contribution is -2.07. The Balaban J connectivity index is 1.95. The van der Waals surface area contributed by atoms with Crippen LogP contribution in [0.4, 0.5) is 4.39 Å². The number of fused-ring (bicyclic) bond motifs is 1. The first-order chi connectivity index (χ1) is 12.0. The van der Waals surface area contributed by atoms with E-state index in [1.165, 1.54) is 18.3 Å². The van der Waals surface area contributed by atoms with E-state index in [4.69, 9.17) is 21.1 Å². The fraction of sp³-hybridized carbons (Fsp3) is 0.111. The quantitative estimate of drug-likeness (QED) is 0.682. The predicted octanol–water partition coefficient (Wildman–Crippen LogP) is 4.70. The lowest BCUT2D eigenvalue weighted by atomic mass is 10.1. The Labute approximate surface area is 147 Å². The van der Waals surface area contributed by atoms with Crippen LogP contribution in [0.25, 0.3) is 10.8 Å². The van der Waals surface area contributed by atoms with Crippen LogP contribution in [0.15, 0.2) is 42.6 Å². The molecule has 1 N–H and O–H groups in total. The third-order valence-electron chi connectivity index (χ3n) is 3.43. The van der Waals surface area contributed by atoms with Crippen LogP contribution in [-0.4, -0.2) is 22.7 Å². The van der Waals surface area contributed by atoms with Crippen LogP contribution in [0.3, 0.4) is 0 Å². The first-order valence-corrected chi connectivity index (χ1v) is 7.79. The molecule has 0 aliphatic carbocycles. The number of benzene rings is 2. The fourth-order valence-corrected chi connectivity index (χ4v) is 2.49. The third kappa shape index (κ3) is 3.49. The molecular weight excluding hydrogens is 349 g/mol. The molecule has 5 nitrogen and oxygen atoms in total. The molecule has 0 spiro atoms. The molecule has 1 heterocycles. The number of carbonyl (C=O) groups is 1. The van der Waals surface area contributed by atoms with Crippen LogP contribution in [-0.2, 0) is 4.74 Å². The molecule has 0 bridgehead atoms. The number of nitrogens with zero attached hydrogens (tertiary/aromatic N) is 1. The zero-order valence-corrected chi connectivity index (χ0v) is 13.9. The first-order valence-electron chi connectivity index (χ1n) is 7.41. The molecule has 128 valence electrons. The molecule has 0 saturated carbocycles. The second kappa shape index (κ2) is 6.94. The number of rotatable bonds is 4. The van der Waals surface area contributed by atoms with Crippen LogP contribution < -0.4 is 4.74 Å². The average Bonchev–Trinajstić information content (AvgIpc) is 2.58. The van der Waals surface area contributed by atoms with Gasteiger partial charge < -0.3 is 14.6 Å². The van der Waals surface area contributed by atoms with Crippen LogP contribution >= 0.6 is 11.6 Å². The molecule has 0 radical (unpaired) electrons. The zero-order valence-electron chi connectivity index (χ0n) is 13.1.